The van der Waals surface area contributed by atoms with Gasteiger partial charge in [0, 0.05) is 28.2 Å². The molecule has 0 unspecified atom stereocenters. The van der Waals surface area contributed by atoms with Crippen molar-refractivity contribution >= 4 is 23.1 Å². The smallest absolute Gasteiger partial charge is 0.168 e. The van der Waals surface area contributed by atoms with Crippen molar-refractivity contribution in [2.75, 3.05) is 5.73 Å². The van der Waals surface area contributed by atoms with E-state index in [4.69, 9.17) is 17.3 Å². The van der Waals surface area contributed by atoms with Gasteiger partial charge in [-0.2, -0.15) is 0 Å². The molecule has 19 heavy (non-hydrogen) atoms. The maximum absolute atomic E-state index is 12.1. The van der Waals surface area contributed by atoms with E-state index in [9.17, 15) is 4.79 Å². The third kappa shape index (κ3) is 3.55. The molecular weight excluding hydrogens is 260 g/mol. The number of nitrogens with two attached hydrogens (primary N) is 1. The molecule has 0 amide bonds. The number of hydrogen-bond acceptors (Lipinski definition) is 3. The minimum atomic E-state index is -0.0362. The molecule has 0 spiro atoms. The largest absolute Gasteiger partial charge is 0.399 e. The molecule has 0 aliphatic heterocycles. The fraction of sp³-hybridized carbons (Fsp3) is 0.200. The zero-order valence-corrected chi connectivity index (χ0v) is 11.4. The van der Waals surface area contributed by atoms with Crippen LogP contribution in [0.3, 0.4) is 0 Å². The first-order valence-electron chi connectivity index (χ1n) is 6.11. The molecule has 0 fully saturated rings. The molecule has 0 atom stereocenters. The topological polar surface area (TPSA) is 56.0 Å². The minimum Gasteiger partial charge on any atom is -0.399 e. The molecule has 2 rings (SSSR count). The van der Waals surface area contributed by atoms with Gasteiger partial charge in [-0.1, -0.05) is 24.6 Å². The zero-order chi connectivity index (χ0) is 13.8. The highest BCUT2D eigenvalue weighted by molar-refractivity contribution is 6.31. The number of hydrogen-bond donors (Lipinski definition) is 1. The second-order valence-corrected chi connectivity index (χ2v) is 4.82. The standard InChI is InChI=1S/C15H15ClN2O/c1-2-10-3-4-14(18-9-10)8-15(19)11-5-12(16)7-13(17)6-11/h3-7,9H,2,8,17H2,1H3. The van der Waals surface area contributed by atoms with E-state index in [1.165, 1.54) is 0 Å². The van der Waals surface area contributed by atoms with Gasteiger partial charge in [-0.3, -0.25) is 9.78 Å². The number of carbonyl (C=O) groups is 1. The Morgan fingerprint density at radius 3 is 2.68 bits per heavy atom. The molecule has 0 aliphatic rings. The molecular formula is C15H15ClN2O. The number of halogens is 1. The van der Waals surface area contributed by atoms with E-state index in [2.05, 4.69) is 11.9 Å². The van der Waals surface area contributed by atoms with Crippen LogP contribution in [0.4, 0.5) is 5.69 Å². The summed E-state index contributed by atoms with van der Waals surface area (Å²) in [5.74, 6) is -0.0362. The summed E-state index contributed by atoms with van der Waals surface area (Å²) in [6.45, 7) is 2.07. The van der Waals surface area contributed by atoms with Gasteiger partial charge in [0.25, 0.3) is 0 Å². The Labute approximate surface area is 117 Å². The second-order valence-electron chi connectivity index (χ2n) is 4.38. The molecule has 3 nitrogen and oxygen atoms in total. The van der Waals surface area contributed by atoms with Gasteiger partial charge in [-0.05, 0) is 36.2 Å². The van der Waals surface area contributed by atoms with Crippen LogP contribution in [0.2, 0.25) is 5.02 Å². The van der Waals surface area contributed by atoms with Crippen molar-refractivity contribution < 1.29 is 4.79 Å². The van der Waals surface area contributed by atoms with E-state index in [-0.39, 0.29) is 12.2 Å². The minimum absolute atomic E-state index is 0.0362. The lowest BCUT2D eigenvalue weighted by Crippen LogP contribution is -2.06. The highest BCUT2D eigenvalue weighted by Gasteiger charge is 2.09. The Bertz CT molecular complexity index is 573. The van der Waals surface area contributed by atoms with Crippen molar-refractivity contribution in [3.8, 4) is 0 Å². The Balaban J connectivity index is 2.15. The lowest BCUT2D eigenvalue weighted by atomic mass is 10.1. The van der Waals surface area contributed by atoms with E-state index in [1.54, 1.807) is 24.4 Å². The van der Waals surface area contributed by atoms with Crippen molar-refractivity contribution in [3.63, 3.8) is 0 Å². The molecule has 0 saturated carbocycles. The predicted octanol–water partition coefficient (Wildman–Crippen LogP) is 3.31. The van der Waals surface area contributed by atoms with Crippen LogP contribution in [0.25, 0.3) is 0 Å². The summed E-state index contributed by atoms with van der Waals surface area (Å²) < 4.78 is 0. The third-order valence-corrected chi connectivity index (χ3v) is 3.10. The first-order chi connectivity index (χ1) is 9.08. The summed E-state index contributed by atoms with van der Waals surface area (Å²) in [5.41, 5.74) is 8.59. The van der Waals surface area contributed by atoms with Crippen LogP contribution >= 0.6 is 11.6 Å². The summed E-state index contributed by atoms with van der Waals surface area (Å²) in [6.07, 6.45) is 2.99. The molecule has 1 aromatic carbocycles. The molecule has 1 heterocycles. The van der Waals surface area contributed by atoms with E-state index < -0.39 is 0 Å². The van der Waals surface area contributed by atoms with Crippen LogP contribution in [0.15, 0.2) is 36.5 Å². The van der Waals surface area contributed by atoms with E-state index >= 15 is 0 Å². The van der Waals surface area contributed by atoms with Gasteiger partial charge in [0.15, 0.2) is 5.78 Å². The molecule has 2 aromatic rings. The van der Waals surface area contributed by atoms with Crippen LogP contribution in [-0.4, -0.2) is 10.8 Å². The molecule has 4 heteroatoms. The third-order valence-electron chi connectivity index (χ3n) is 2.88. The van der Waals surface area contributed by atoms with E-state index in [0.717, 1.165) is 17.7 Å². The SMILES string of the molecule is CCc1ccc(CC(=O)c2cc(N)cc(Cl)c2)nc1. The average molecular weight is 275 g/mol. The summed E-state index contributed by atoms with van der Waals surface area (Å²) in [4.78, 5) is 16.4. The van der Waals surface area contributed by atoms with Crippen molar-refractivity contribution in [2.24, 2.45) is 0 Å². The molecule has 1 aromatic heterocycles. The number of Topliss-reactive ketones (excluding diaryl/α,β-unsaturated/α-hetero) is 1. The van der Waals surface area contributed by atoms with Gasteiger partial charge < -0.3 is 5.73 Å². The first kappa shape index (κ1) is 13.6. The van der Waals surface area contributed by atoms with Crippen molar-refractivity contribution in [3.05, 3.63) is 58.4 Å². The maximum Gasteiger partial charge on any atom is 0.168 e. The fourth-order valence-electron chi connectivity index (χ4n) is 1.81. The number of nitrogen functional groups attached to an aromatic ring is 1. The maximum atomic E-state index is 12.1. The Hall–Kier alpha value is -1.87. The van der Waals surface area contributed by atoms with Gasteiger partial charge in [0.1, 0.15) is 0 Å². The molecule has 0 radical (unpaired) electrons. The van der Waals surface area contributed by atoms with Gasteiger partial charge in [-0.25, -0.2) is 0 Å². The first-order valence-corrected chi connectivity index (χ1v) is 6.49. The van der Waals surface area contributed by atoms with Crippen LogP contribution < -0.4 is 5.73 Å². The highest BCUT2D eigenvalue weighted by Crippen LogP contribution is 2.18. The summed E-state index contributed by atoms with van der Waals surface area (Å²) in [7, 11) is 0. The van der Waals surface area contributed by atoms with Gasteiger partial charge in [0.05, 0.1) is 6.42 Å². The number of aromatic nitrogens is 1. The van der Waals surface area contributed by atoms with Crippen LogP contribution in [0.1, 0.15) is 28.5 Å². The fourth-order valence-corrected chi connectivity index (χ4v) is 2.05. The highest BCUT2D eigenvalue weighted by atomic mass is 35.5. The Morgan fingerprint density at radius 2 is 2.11 bits per heavy atom. The zero-order valence-electron chi connectivity index (χ0n) is 10.7. The van der Waals surface area contributed by atoms with E-state index in [0.29, 0.717) is 16.3 Å². The van der Waals surface area contributed by atoms with Crippen molar-refractivity contribution in [1.29, 1.82) is 0 Å². The van der Waals surface area contributed by atoms with Crippen molar-refractivity contribution in [1.82, 2.24) is 4.98 Å². The van der Waals surface area contributed by atoms with Crippen LogP contribution in [0.5, 0.6) is 0 Å². The lowest BCUT2D eigenvalue weighted by molar-refractivity contribution is 0.0992. The number of pyridine rings is 1. The normalized spacial score (nSPS) is 10.4. The molecule has 98 valence electrons. The average Bonchev–Trinajstić information content (AvgIpc) is 2.38. The number of ketones is 1. The number of aryl methyl sites for hydroxylation is 1. The van der Waals surface area contributed by atoms with Gasteiger partial charge in [0.2, 0.25) is 0 Å². The number of carbonyl (C=O) groups excluding carboxylic acids is 1. The molecule has 2 N–H and O–H groups in total. The summed E-state index contributed by atoms with van der Waals surface area (Å²) >= 11 is 5.89. The second kappa shape index (κ2) is 5.85. The summed E-state index contributed by atoms with van der Waals surface area (Å²) in [6, 6.07) is 8.74. The quantitative estimate of drug-likeness (QED) is 0.687. The Morgan fingerprint density at radius 1 is 1.32 bits per heavy atom. The van der Waals surface area contributed by atoms with Crippen LogP contribution in [-0.2, 0) is 12.8 Å². The lowest BCUT2D eigenvalue weighted by Gasteiger charge is -2.04. The van der Waals surface area contributed by atoms with E-state index in [1.807, 2.05) is 12.1 Å². The molecule has 0 bridgehead atoms. The molecule has 0 aliphatic carbocycles. The molecule has 0 saturated heterocycles. The Kier molecular flexibility index (Phi) is 4.17. The predicted molar refractivity (Wildman–Crippen MR) is 77.5 cm³/mol. The van der Waals surface area contributed by atoms with Gasteiger partial charge in [-0.15, -0.1) is 0 Å². The van der Waals surface area contributed by atoms with Crippen molar-refractivity contribution in [2.45, 2.75) is 19.8 Å². The monoisotopic (exact) mass is 274 g/mol. The number of benzene rings is 1. The van der Waals surface area contributed by atoms with Gasteiger partial charge >= 0.3 is 0 Å². The number of rotatable bonds is 4. The number of nitrogens with zero attached hydrogens (tertiary/aromatic N) is 1. The van der Waals surface area contributed by atoms with Crippen LogP contribution in [0, 0.1) is 0 Å². The number of anilines is 1. The summed E-state index contributed by atoms with van der Waals surface area (Å²) in [5, 5.41) is 0.470.